The maximum absolute atomic E-state index is 12.2. The van der Waals surface area contributed by atoms with Gasteiger partial charge in [0.1, 0.15) is 5.82 Å². The number of carbonyl (C=O) groups is 2. The van der Waals surface area contributed by atoms with Gasteiger partial charge in [0, 0.05) is 0 Å². The second-order valence-electron chi connectivity index (χ2n) is 5.36. The molecule has 1 aliphatic heterocycles. The van der Waals surface area contributed by atoms with Crippen LogP contribution in [0.1, 0.15) is 24.7 Å². The van der Waals surface area contributed by atoms with Crippen molar-refractivity contribution in [1.29, 1.82) is 0 Å². The van der Waals surface area contributed by atoms with Crippen LogP contribution in [0, 0.1) is 6.92 Å². The fraction of sp³-hybridized carbons (Fsp3) is 0.400. The van der Waals surface area contributed by atoms with E-state index >= 15 is 0 Å². The molecule has 1 fully saturated rings. The number of aromatic nitrogens is 2. The van der Waals surface area contributed by atoms with Crippen LogP contribution < -0.4 is 0 Å². The molecule has 0 bridgehead atoms. The monoisotopic (exact) mass is 312 g/mol. The zero-order chi connectivity index (χ0) is 16.8. The van der Waals surface area contributed by atoms with Gasteiger partial charge in [-0.2, -0.15) is 0 Å². The summed E-state index contributed by atoms with van der Waals surface area (Å²) in [6.45, 7) is 3.64. The number of carbonyl (C=O) groups excluding carboxylic acids is 2. The minimum atomic E-state index is -0.572. The molecule has 2 unspecified atom stereocenters. The van der Waals surface area contributed by atoms with E-state index in [1.807, 2.05) is 6.92 Å². The second-order valence-corrected chi connectivity index (χ2v) is 5.36. The first kappa shape index (κ1) is 16.9. The van der Waals surface area contributed by atoms with Gasteiger partial charge in [0.25, 0.3) is 0 Å². The van der Waals surface area contributed by atoms with Crippen molar-refractivity contribution in [3.63, 3.8) is 0 Å². The molecule has 7 nitrogen and oxygen atoms in total. The third kappa shape index (κ3) is 4.48. The van der Waals surface area contributed by atoms with Gasteiger partial charge in [-0.15, -0.1) is 0 Å². The van der Waals surface area contributed by atoms with Crippen LogP contribution in [0.15, 0.2) is 23.5 Å². The first-order chi connectivity index (χ1) is 11.0. The molecule has 0 radical (unpaired) electrons. The number of rotatable bonds is 6. The van der Waals surface area contributed by atoms with Crippen LogP contribution in [-0.2, 0) is 14.3 Å². The van der Waals surface area contributed by atoms with Crippen LogP contribution in [0.4, 0.5) is 0 Å². The summed E-state index contributed by atoms with van der Waals surface area (Å²) in [7, 11) is 0.540. The Bertz CT molecular complexity index is 657. The zero-order valence-corrected chi connectivity index (χ0v) is 13.0. The molecular formula is C15H17BN4O3. The van der Waals surface area contributed by atoms with E-state index in [0.717, 1.165) is 11.7 Å². The minimum absolute atomic E-state index is 0.00364. The maximum atomic E-state index is 12.2. The Morgan fingerprint density at radius 3 is 2.83 bits per heavy atom. The molecule has 8 heteroatoms. The Labute approximate surface area is 134 Å². The summed E-state index contributed by atoms with van der Waals surface area (Å²) in [6, 6.07) is -0.658. The molecule has 23 heavy (non-hydrogen) atoms. The van der Waals surface area contributed by atoms with E-state index in [-0.39, 0.29) is 24.3 Å². The van der Waals surface area contributed by atoms with E-state index in [2.05, 4.69) is 15.0 Å². The van der Waals surface area contributed by atoms with Gasteiger partial charge in [0.2, 0.25) is 0 Å². The molecule has 1 aliphatic rings. The van der Waals surface area contributed by atoms with Crippen LogP contribution in [0.3, 0.4) is 0 Å². The Kier molecular flexibility index (Phi) is 5.62. The van der Waals surface area contributed by atoms with E-state index in [0.29, 0.717) is 19.4 Å². The van der Waals surface area contributed by atoms with Crippen molar-refractivity contribution in [2.45, 2.75) is 32.4 Å². The van der Waals surface area contributed by atoms with Gasteiger partial charge < -0.3 is 0 Å². The van der Waals surface area contributed by atoms with E-state index < -0.39 is 6.04 Å². The molecule has 1 aromatic rings. The number of aliphatic imine (C=N–C) groups is 1. The van der Waals surface area contributed by atoms with Crippen molar-refractivity contribution in [3.8, 4) is 0 Å². The van der Waals surface area contributed by atoms with E-state index in [1.165, 1.54) is 11.0 Å². The Hall–Kier alpha value is -2.51. The summed E-state index contributed by atoms with van der Waals surface area (Å²) in [5, 5.41) is 0. The average Bonchev–Trinajstić information content (AvgIpc) is 2.80. The molecule has 1 amide bonds. The molecular weight excluding hydrogens is 295 g/mol. The van der Waals surface area contributed by atoms with Gasteiger partial charge in [0.05, 0.1) is 0 Å². The first-order valence-corrected chi connectivity index (χ1v) is 7.28. The third-order valence-electron chi connectivity index (χ3n) is 3.58. The van der Waals surface area contributed by atoms with Crippen LogP contribution in [-0.4, -0.2) is 58.5 Å². The predicted molar refractivity (Wildman–Crippen MR) is 85.3 cm³/mol. The van der Waals surface area contributed by atoms with Gasteiger partial charge in [0.15, 0.2) is 0 Å². The second kappa shape index (κ2) is 7.67. The normalized spacial score (nSPS) is 21.3. The summed E-state index contributed by atoms with van der Waals surface area (Å²) < 4.78 is 10.3. The Morgan fingerprint density at radius 2 is 2.17 bits per heavy atom. The molecule has 0 aliphatic carbocycles. The summed E-state index contributed by atoms with van der Waals surface area (Å²) in [5.41, 5.74) is 0.721. The Balaban J connectivity index is 1.96. The Morgan fingerprint density at radius 1 is 1.48 bits per heavy atom. The van der Waals surface area contributed by atoms with Crippen molar-refractivity contribution >= 4 is 31.0 Å². The van der Waals surface area contributed by atoms with Crippen molar-refractivity contribution in [3.05, 3.63) is 29.9 Å². The van der Waals surface area contributed by atoms with Crippen LogP contribution in [0.25, 0.3) is 6.08 Å². The zero-order valence-electron chi connectivity index (χ0n) is 13.0. The topological polar surface area (TPSA) is 92.6 Å². The quantitative estimate of drug-likeness (QED) is 0.431. The number of nitrogens with zero attached hydrogens (tertiary/aromatic N) is 4. The molecule has 2 rings (SSSR count). The number of likely N-dealkylation sites (tertiary alicyclic amines) is 1. The van der Waals surface area contributed by atoms with Gasteiger partial charge in [-0.05, 0) is 6.92 Å². The summed E-state index contributed by atoms with van der Waals surface area (Å²) >= 11 is 0. The number of ketones is 1. The summed E-state index contributed by atoms with van der Waals surface area (Å²) in [6.07, 6.45) is 7.87. The third-order valence-corrected chi connectivity index (χ3v) is 3.58. The number of hydrogen-bond donors (Lipinski definition) is 0. The summed E-state index contributed by atoms with van der Waals surface area (Å²) in [4.78, 5) is 37.7. The molecule has 0 spiro atoms. The van der Waals surface area contributed by atoms with Crippen molar-refractivity contribution in [1.82, 2.24) is 14.9 Å². The van der Waals surface area contributed by atoms with Crippen molar-refractivity contribution in [2.75, 3.05) is 6.54 Å². The molecule has 0 aromatic carbocycles. The van der Waals surface area contributed by atoms with Crippen molar-refractivity contribution < 1.29 is 14.3 Å². The predicted octanol–water partition coefficient (Wildman–Crippen LogP) is 0.435. The summed E-state index contributed by atoms with van der Waals surface area (Å²) in [5.74, 6) is 0.244. The SMILES string of the molecule is Cc1ncc(/C=C/C(=O)CN2C(=O)C(N=CB=O)CC2C)cn1. The van der Waals surface area contributed by atoms with E-state index in [9.17, 15) is 14.3 Å². The molecule has 1 aromatic heterocycles. The van der Waals surface area contributed by atoms with Crippen LogP contribution in [0.2, 0.25) is 0 Å². The van der Waals surface area contributed by atoms with E-state index in [1.54, 1.807) is 25.4 Å². The van der Waals surface area contributed by atoms with Gasteiger partial charge in [-0.3, -0.25) is 0 Å². The standard InChI is InChI=1S/C15H17BN4O3/c1-10-5-14(19-9-16-23)15(22)20(10)8-13(21)4-3-12-6-17-11(2)18-7-12/h3-4,6-7,9-10,14H,5,8H2,1-2H3/b4-3+,19-9?. The van der Waals surface area contributed by atoms with Crippen molar-refractivity contribution in [2.24, 2.45) is 4.99 Å². The number of aryl methyl sites for hydroxylation is 1. The average molecular weight is 312 g/mol. The molecule has 118 valence electrons. The van der Waals surface area contributed by atoms with Gasteiger partial charge >= 0.3 is 121 Å². The molecule has 0 N–H and O–H groups in total. The number of amides is 1. The molecule has 2 heterocycles. The van der Waals surface area contributed by atoms with Crippen LogP contribution in [0.5, 0.6) is 0 Å². The first-order valence-electron chi connectivity index (χ1n) is 7.28. The molecule has 1 saturated heterocycles. The van der Waals surface area contributed by atoms with E-state index in [4.69, 9.17) is 0 Å². The van der Waals surface area contributed by atoms with Gasteiger partial charge in [-0.1, -0.05) is 0 Å². The fourth-order valence-electron chi connectivity index (χ4n) is 2.36. The van der Waals surface area contributed by atoms with Gasteiger partial charge in [-0.25, -0.2) is 0 Å². The number of hydrogen-bond acceptors (Lipinski definition) is 6. The molecule has 0 saturated carbocycles. The fourth-order valence-corrected chi connectivity index (χ4v) is 2.36. The van der Waals surface area contributed by atoms with Crippen LogP contribution >= 0.6 is 0 Å². The molecule has 2 atom stereocenters.